The van der Waals surface area contributed by atoms with Crippen LogP contribution in [0.4, 0.5) is 11.4 Å². The van der Waals surface area contributed by atoms with Gasteiger partial charge < -0.3 is 26.0 Å². The number of hydrogen-bond donors (Lipinski definition) is 3. The molecule has 0 aliphatic heterocycles. The maximum absolute atomic E-state index is 11.8. The van der Waals surface area contributed by atoms with E-state index < -0.39 is 17.3 Å². The Morgan fingerprint density at radius 1 is 1.12 bits per heavy atom. The Bertz CT molecular complexity index is 706. The first-order chi connectivity index (χ1) is 11.5. The molecule has 0 unspecified atom stereocenters. The topological polar surface area (TPSA) is 108 Å². The Morgan fingerprint density at radius 3 is 2.33 bits per heavy atom. The number of thioether (sulfide) groups is 1. The summed E-state index contributed by atoms with van der Waals surface area (Å²) in [5.74, 6) is -0.0283. The van der Waals surface area contributed by atoms with Gasteiger partial charge in [0.1, 0.15) is 5.75 Å². The first-order valence-electron chi connectivity index (χ1n) is 7.17. The van der Waals surface area contributed by atoms with Gasteiger partial charge in [0, 0.05) is 16.3 Å². The summed E-state index contributed by atoms with van der Waals surface area (Å²) in [6.45, 7) is 0. The fourth-order valence-electron chi connectivity index (χ4n) is 2.16. The fraction of sp³-hybridized carbons (Fsp3) is 0.235. The molecule has 0 bridgehead atoms. The minimum atomic E-state index is -1.34. The molecule has 24 heavy (non-hydrogen) atoms. The minimum absolute atomic E-state index is 0.482. The summed E-state index contributed by atoms with van der Waals surface area (Å²) in [5, 5.41) is 9.78. The normalized spacial score (nSPS) is 13.1. The molecule has 0 aliphatic carbocycles. The molecule has 0 radical (unpaired) electrons. The molecule has 5 N–H and O–H groups in total. The first-order valence-corrected chi connectivity index (χ1v) is 8.05. The predicted octanol–water partition coefficient (Wildman–Crippen LogP) is 2.23. The molecule has 0 spiro atoms. The zero-order chi connectivity index (χ0) is 17.7. The van der Waals surface area contributed by atoms with Gasteiger partial charge in [0.2, 0.25) is 0 Å². The molecule has 0 saturated carbocycles. The van der Waals surface area contributed by atoms with Crippen molar-refractivity contribution in [3.05, 3.63) is 48.0 Å². The van der Waals surface area contributed by atoms with Crippen LogP contribution in [0.25, 0.3) is 0 Å². The summed E-state index contributed by atoms with van der Waals surface area (Å²) in [5.41, 5.74) is 13.5. The molecule has 0 heterocycles. The molecular weight excluding hydrogens is 328 g/mol. The largest absolute Gasteiger partial charge is 0.497 e. The highest BCUT2D eigenvalue weighted by molar-refractivity contribution is 7.99. The van der Waals surface area contributed by atoms with Gasteiger partial charge in [-0.2, -0.15) is 0 Å². The van der Waals surface area contributed by atoms with Crippen molar-refractivity contribution in [2.45, 2.75) is 16.2 Å². The molecule has 0 fully saturated rings. The van der Waals surface area contributed by atoms with E-state index in [0.717, 1.165) is 5.56 Å². The van der Waals surface area contributed by atoms with Gasteiger partial charge in [-0.15, -0.1) is 11.8 Å². The van der Waals surface area contributed by atoms with E-state index in [1.807, 2.05) is 0 Å². The Labute approximate surface area is 144 Å². The maximum atomic E-state index is 11.8. The maximum Gasteiger partial charge on any atom is 0.336 e. The number of aliphatic hydroxyl groups is 1. The second kappa shape index (κ2) is 7.94. The zero-order valence-corrected chi connectivity index (χ0v) is 14.2. The Morgan fingerprint density at radius 2 is 1.79 bits per heavy atom. The summed E-state index contributed by atoms with van der Waals surface area (Å²) in [4.78, 5) is 12.5. The smallest absolute Gasteiger partial charge is 0.336 e. The van der Waals surface area contributed by atoms with E-state index in [9.17, 15) is 9.90 Å². The number of esters is 1. The highest BCUT2D eigenvalue weighted by Gasteiger charge is 2.30. The highest BCUT2D eigenvalue weighted by atomic mass is 32.2. The monoisotopic (exact) mass is 348 g/mol. The van der Waals surface area contributed by atoms with Crippen molar-refractivity contribution in [2.75, 3.05) is 25.7 Å². The quantitative estimate of drug-likeness (QED) is 0.417. The van der Waals surface area contributed by atoms with E-state index >= 15 is 0 Å². The van der Waals surface area contributed by atoms with Gasteiger partial charge >= 0.3 is 5.97 Å². The summed E-state index contributed by atoms with van der Waals surface area (Å²) in [6.07, 6.45) is -1.34. The highest BCUT2D eigenvalue weighted by Crippen LogP contribution is 2.41. The fourth-order valence-corrected chi connectivity index (χ4v) is 3.31. The van der Waals surface area contributed by atoms with Crippen molar-refractivity contribution >= 4 is 29.1 Å². The molecule has 2 aromatic rings. The van der Waals surface area contributed by atoms with E-state index in [4.69, 9.17) is 16.2 Å². The lowest BCUT2D eigenvalue weighted by Crippen LogP contribution is -2.27. The van der Waals surface area contributed by atoms with Crippen molar-refractivity contribution in [1.82, 2.24) is 0 Å². The molecule has 0 aromatic heterocycles. The van der Waals surface area contributed by atoms with Gasteiger partial charge in [-0.1, -0.05) is 12.1 Å². The van der Waals surface area contributed by atoms with Crippen LogP contribution >= 0.6 is 11.8 Å². The van der Waals surface area contributed by atoms with Gasteiger partial charge in [-0.3, -0.25) is 0 Å². The van der Waals surface area contributed by atoms with E-state index in [0.29, 0.717) is 22.0 Å². The van der Waals surface area contributed by atoms with Crippen LogP contribution in [0.2, 0.25) is 0 Å². The third-order valence-electron chi connectivity index (χ3n) is 3.46. The van der Waals surface area contributed by atoms with Crippen molar-refractivity contribution < 1.29 is 19.4 Å². The Balaban J connectivity index is 2.36. The van der Waals surface area contributed by atoms with Gasteiger partial charge in [-0.05, 0) is 35.9 Å². The third kappa shape index (κ3) is 4.12. The second-order valence-corrected chi connectivity index (χ2v) is 6.26. The van der Waals surface area contributed by atoms with Crippen molar-refractivity contribution in [2.24, 2.45) is 0 Å². The predicted molar refractivity (Wildman–Crippen MR) is 94.9 cm³/mol. The molecular formula is C17H20N2O4S. The van der Waals surface area contributed by atoms with Crippen LogP contribution in [-0.4, -0.2) is 31.4 Å². The SMILES string of the molecule is COC(=O)[C@@H](O)[C@H](Sc1ccc(N)cc1N)c1ccc(OC)cc1. The van der Waals surface area contributed by atoms with Crippen LogP contribution < -0.4 is 16.2 Å². The molecule has 2 aromatic carbocycles. The van der Waals surface area contributed by atoms with Gasteiger partial charge in [0.15, 0.2) is 6.10 Å². The van der Waals surface area contributed by atoms with Crippen LogP contribution in [0, 0.1) is 0 Å². The van der Waals surface area contributed by atoms with E-state index in [2.05, 4.69) is 4.74 Å². The second-order valence-electron chi connectivity index (χ2n) is 5.08. The molecule has 0 saturated heterocycles. The number of ether oxygens (including phenoxy) is 2. The molecule has 0 amide bonds. The number of rotatable bonds is 6. The number of carbonyl (C=O) groups is 1. The van der Waals surface area contributed by atoms with Crippen LogP contribution in [0.5, 0.6) is 5.75 Å². The number of aliphatic hydroxyl groups excluding tert-OH is 1. The number of nitrogens with two attached hydrogens (primary N) is 2. The van der Waals surface area contributed by atoms with Crippen LogP contribution in [0.15, 0.2) is 47.4 Å². The van der Waals surface area contributed by atoms with Gasteiger partial charge in [0.05, 0.1) is 19.5 Å². The number of anilines is 2. The van der Waals surface area contributed by atoms with Crippen LogP contribution in [0.1, 0.15) is 10.8 Å². The number of hydrogen-bond acceptors (Lipinski definition) is 7. The Kier molecular flexibility index (Phi) is 5.94. The molecule has 7 heteroatoms. The zero-order valence-electron chi connectivity index (χ0n) is 13.4. The standard InChI is InChI=1S/C17H20N2O4S/c1-22-12-6-3-10(4-7-12)16(15(20)17(21)23-2)24-14-8-5-11(18)9-13(14)19/h3-9,15-16,20H,18-19H2,1-2H3/t15-,16+/m0/s1. The van der Waals surface area contributed by atoms with Crippen LogP contribution in [-0.2, 0) is 9.53 Å². The molecule has 6 nitrogen and oxygen atoms in total. The lowest BCUT2D eigenvalue weighted by molar-refractivity contribution is -0.150. The summed E-state index contributed by atoms with van der Waals surface area (Å²) < 4.78 is 9.80. The molecule has 2 rings (SSSR count). The summed E-state index contributed by atoms with van der Waals surface area (Å²) in [6, 6.07) is 12.2. The molecule has 128 valence electrons. The lowest BCUT2D eigenvalue weighted by Gasteiger charge is -2.22. The van der Waals surface area contributed by atoms with Crippen LogP contribution in [0.3, 0.4) is 0 Å². The first kappa shape index (κ1) is 18.0. The van der Waals surface area contributed by atoms with Crippen molar-refractivity contribution in [3.63, 3.8) is 0 Å². The van der Waals surface area contributed by atoms with Gasteiger partial charge in [0.25, 0.3) is 0 Å². The lowest BCUT2D eigenvalue weighted by atomic mass is 10.1. The van der Waals surface area contributed by atoms with Crippen molar-refractivity contribution in [3.8, 4) is 5.75 Å². The average molecular weight is 348 g/mol. The summed E-state index contributed by atoms with van der Waals surface area (Å²) >= 11 is 1.27. The summed E-state index contributed by atoms with van der Waals surface area (Å²) in [7, 11) is 2.80. The molecule has 2 atom stereocenters. The van der Waals surface area contributed by atoms with E-state index in [-0.39, 0.29) is 0 Å². The third-order valence-corrected chi connectivity index (χ3v) is 4.87. The van der Waals surface area contributed by atoms with Gasteiger partial charge in [-0.25, -0.2) is 4.79 Å². The van der Waals surface area contributed by atoms with Crippen molar-refractivity contribution in [1.29, 1.82) is 0 Å². The number of carbonyl (C=O) groups excluding carboxylic acids is 1. The van der Waals surface area contributed by atoms with E-state index in [1.165, 1.54) is 18.9 Å². The van der Waals surface area contributed by atoms with E-state index in [1.54, 1.807) is 49.6 Å². The Hall–Kier alpha value is -2.38. The number of methoxy groups -OCH3 is 2. The minimum Gasteiger partial charge on any atom is -0.497 e. The number of nitrogen functional groups attached to an aromatic ring is 2. The molecule has 0 aliphatic rings. The number of benzene rings is 2. The average Bonchev–Trinajstić information content (AvgIpc) is 2.60.